The van der Waals surface area contributed by atoms with Crippen LogP contribution in [-0.2, 0) is 28.6 Å². The Morgan fingerprint density at radius 2 is 0.632 bits per heavy atom. The first-order valence-electron chi connectivity index (χ1n) is 23.8. The Bertz CT molecular complexity index is 1050. The number of ether oxygens (including phenoxy) is 3. The smallest absolute Gasteiger partial charge is 0.306 e. The summed E-state index contributed by atoms with van der Waals surface area (Å²) in [6, 6.07) is 0. The molecule has 0 aliphatic rings. The van der Waals surface area contributed by atoms with Crippen molar-refractivity contribution in [1.29, 1.82) is 0 Å². The Hall–Kier alpha value is -2.89. The van der Waals surface area contributed by atoms with Crippen molar-refractivity contribution in [2.45, 2.75) is 232 Å². The van der Waals surface area contributed by atoms with Crippen molar-refractivity contribution in [3.63, 3.8) is 0 Å². The molecule has 0 saturated heterocycles. The average Bonchev–Trinajstić information content (AvgIpc) is 3.21. The van der Waals surface area contributed by atoms with Crippen molar-refractivity contribution in [2.24, 2.45) is 0 Å². The lowest BCUT2D eigenvalue weighted by Crippen LogP contribution is -2.30. The van der Waals surface area contributed by atoms with Gasteiger partial charge in [0.2, 0.25) is 0 Å². The van der Waals surface area contributed by atoms with Gasteiger partial charge in [0.25, 0.3) is 0 Å². The van der Waals surface area contributed by atoms with Crippen molar-refractivity contribution in [1.82, 2.24) is 0 Å². The van der Waals surface area contributed by atoms with Gasteiger partial charge >= 0.3 is 17.9 Å². The maximum atomic E-state index is 12.7. The summed E-state index contributed by atoms with van der Waals surface area (Å²) in [6.45, 7) is 6.51. The van der Waals surface area contributed by atoms with Crippen LogP contribution in [0.3, 0.4) is 0 Å². The normalized spacial score (nSPS) is 12.5. The van der Waals surface area contributed by atoms with Crippen LogP contribution in [-0.4, -0.2) is 37.2 Å². The highest BCUT2D eigenvalue weighted by Crippen LogP contribution is 2.13. The number of hydrogen-bond acceptors (Lipinski definition) is 6. The van der Waals surface area contributed by atoms with Gasteiger partial charge in [-0.1, -0.05) is 178 Å². The maximum Gasteiger partial charge on any atom is 0.306 e. The molecule has 0 aromatic heterocycles. The van der Waals surface area contributed by atoms with E-state index in [1.165, 1.54) is 89.9 Å². The van der Waals surface area contributed by atoms with Crippen molar-refractivity contribution >= 4 is 17.9 Å². The van der Waals surface area contributed by atoms with Crippen molar-refractivity contribution in [2.75, 3.05) is 13.2 Å². The minimum atomic E-state index is -0.793. The second kappa shape index (κ2) is 45.8. The standard InChI is InChI=1S/C51H88O6/c1-4-7-10-13-16-19-21-23-25-27-29-32-35-38-41-44-50(53)56-47-48(46-55-49(52)43-40-37-34-31-18-15-12-9-6-3)57-51(54)45-42-39-36-33-30-28-26-24-22-20-17-14-11-8-5-2/h16-17,19-20,23-26,29,32,48H,4-15,18,21-22,27-28,30-31,33-47H2,1-3H3/b19-16-,20-17-,25-23-,26-24-,32-29-/t48-/m1/s1. The van der Waals surface area contributed by atoms with Gasteiger partial charge in [0.05, 0.1) is 0 Å². The second-order valence-corrected chi connectivity index (χ2v) is 15.7. The summed E-state index contributed by atoms with van der Waals surface area (Å²) >= 11 is 0. The zero-order valence-corrected chi connectivity index (χ0v) is 37.3. The molecule has 0 aromatic rings. The molecule has 0 aliphatic heterocycles. The minimum Gasteiger partial charge on any atom is -0.462 e. The number of carbonyl (C=O) groups is 3. The third-order valence-electron chi connectivity index (χ3n) is 9.99. The topological polar surface area (TPSA) is 78.9 Å². The fraction of sp³-hybridized carbons (Fsp3) is 0.745. The zero-order valence-electron chi connectivity index (χ0n) is 37.3. The van der Waals surface area contributed by atoms with E-state index in [9.17, 15) is 14.4 Å². The van der Waals surface area contributed by atoms with E-state index in [4.69, 9.17) is 14.2 Å². The number of hydrogen-bond donors (Lipinski definition) is 0. The molecule has 0 aliphatic carbocycles. The summed E-state index contributed by atoms with van der Waals surface area (Å²) in [5.74, 6) is -0.949. The molecular formula is C51H88O6. The molecule has 0 saturated carbocycles. The van der Waals surface area contributed by atoms with Gasteiger partial charge in [-0.15, -0.1) is 0 Å². The van der Waals surface area contributed by atoms with Crippen LogP contribution in [0.25, 0.3) is 0 Å². The van der Waals surface area contributed by atoms with E-state index in [-0.39, 0.29) is 31.1 Å². The molecule has 0 spiro atoms. The number of esters is 3. The van der Waals surface area contributed by atoms with Crippen molar-refractivity contribution in [3.05, 3.63) is 60.8 Å². The zero-order chi connectivity index (χ0) is 41.5. The van der Waals surface area contributed by atoms with Crippen LogP contribution in [0.1, 0.15) is 226 Å². The third kappa shape index (κ3) is 44.1. The van der Waals surface area contributed by atoms with Gasteiger partial charge in [0.15, 0.2) is 6.10 Å². The largest absolute Gasteiger partial charge is 0.462 e. The fourth-order valence-electron chi connectivity index (χ4n) is 6.36. The number of carbonyl (C=O) groups excluding carboxylic acids is 3. The van der Waals surface area contributed by atoms with E-state index in [0.717, 1.165) is 96.3 Å². The summed E-state index contributed by atoms with van der Waals surface area (Å²) in [7, 11) is 0. The van der Waals surface area contributed by atoms with Gasteiger partial charge in [-0.3, -0.25) is 14.4 Å². The molecule has 6 heteroatoms. The van der Waals surface area contributed by atoms with Gasteiger partial charge in [-0.05, 0) is 89.9 Å². The van der Waals surface area contributed by atoms with Gasteiger partial charge in [0, 0.05) is 19.3 Å². The average molecular weight is 797 g/mol. The lowest BCUT2D eigenvalue weighted by atomic mass is 10.1. The Morgan fingerprint density at radius 3 is 1.05 bits per heavy atom. The van der Waals surface area contributed by atoms with Gasteiger partial charge in [0.1, 0.15) is 13.2 Å². The molecule has 328 valence electrons. The van der Waals surface area contributed by atoms with Gasteiger partial charge in [-0.25, -0.2) is 0 Å². The molecule has 1 atom stereocenters. The van der Waals surface area contributed by atoms with E-state index < -0.39 is 6.10 Å². The lowest BCUT2D eigenvalue weighted by molar-refractivity contribution is -0.167. The van der Waals surface area contributed by atoms with Crippen molar-refractivity contribution < 1.29 is 28.6 Å². The van der Waals surface area contributed by atoms with E-state index >= 15 is 0 Å². The molecule has 6 nitrogen and oxygen atoms in total. The summed E-state index contributed by atoms with van der Waals surface area (Å²) in [4.78, 5) is 37.7. The second-order valence-electron chi connectivity index (χ2n) is 15.7. The first-order valence-corrected chi connectivity index (χ1v) is 23.8. The summed E-state index contributed by atoms with van der Waals surface area (Å²) in [5, 5.41) is 0. The number of allylic oxidation sites excluding steroid dienone is 10. The first kappa shape index (κ1) is 54.1. The van der Waals surface area contributed by atoms with Crippen LogP contribution in [0, 0.1) is 0 Å². The molecule has 0 rings (SSSR count). The molecule has 0 amide bonds. The molecule has 0 unspecified atom stereocenters. The van der Waals surface area contributed by atoms with E-state index in [0.29, 0.717) is 19.3 Å². The highest BCUT2D eigenvalue weighted by atomic mass is 16.6. The lowest BCUT2D eigenvalue weighted by Gasteiger charge is -2.18. The van der Waals surface area contributed by atoms with Crippen molar-refractivity contribution in [3.8, 4) is 0 Å². The van der Waals surface area contributed by atoms with Crippen LogP contribution in [0.4, 0.5) is 0 Å². The summed E-state index contributed by atoms with van der Waals surface area (Å²) in [5.41, 5.74) is 0. The number of unbranched alkanes of at least 4 members (excludes halogenated alkanes) is 21. The van der Waals surface area contributed by atoms with E-state index in [1.807, 2.05) is 0 Å². The Labute approximate surface area is 351 Å². The van der Waals surface area contributed by atoms with Crippen LogP contribution in [0.2, 0.25) is 0 Å². The summed E-state index contributed by atoms with van der Waals surface area (Å²) < 4.78 is 16.7. The molecule has 57 heavy (non-hydrogen) atoms. The quantitative estimate of drug-likeness (QED) is 0.0265. The molecule has 0 radical (unpaired) electrons. The van der Waals surface area contributed by atoms with Crippen LogP contribution >= 0.6 is 0 Å². The fourth-order valence-corrected chi connectivity index (χ4v) is 6.36. The van der Waals surface area contributed by atoms with Crippen LogP contribution in [0.5, 0.6) is 0 Å². The van der Waals surface area contributed by atoms with Crippen LogP contribution < -0.4 is 0 Å². The Kier molecular flexibility index (Phi) is 43.5. The molecule has 0 bridgehead atoms. The SMILES string of the molecule is CCCCC/C=C\C/C=C\C/C=C\CCCCC(=O)OC[C@@H](COC(=O)CCCCCCCCCCC)OC(=O)CCCCCCC/C=C\C/C=C\CCCCC. The molecule has 0 aromatic carbocycles. The van der Waals surface area contributed by atoms with E-state index in [1.54, 1.807) is 0 Å². The molecule has 0 heterocycles. The Morgan fingerprint density at radius 1 is 0.351 bits per heavy atom. The predicted molar refractivity (Wildman–Crippen MR) is 242 cm³/mol. The summed E-state index contributed by atoms with van der Waals surface area (Å²) in [6.07, 6.45) is 54.9. The maximum absolute atomic E-state index is 12.7. The monoisotopic (exact) mass is 797 g/mol. The highest BCUT2D eigenvalue weighted by molar-refractivity contribution is 5.71. The minimum absolute atomic E-state index is 0.0913. The van der Waals surface area contributed by atoms with E-state index in [2.05, 4.69) is 81.5 Å². The molecule has 0 N–H and O–H groups in total. The predicted octanol–water partition coefficient (Wildman–Crippen LogP) is 15.3. The van der Waals surface area contributed by atoms with Gasteiger partial charge in [-0.2, -0.15) is 0 Å². The molecule has 0 fully saturated rings. The van der Waals surface area contributed by atoms with Crippen LogP contribution in [0.15, 0.2) is 60.8 Å². The first-order chi connectivity index (χ1) is 28.0. The Balaban J connectivity index is 4.44. The molecular weight excluding hydrogens is 709 g/mol. The van der Waals surface area contributed by atoms with Gasteiger partial charge < -0.3 is 14.2 Å². The number of rotatable bonds is 42. The highest BCUT2D eigenvalue weighted by Gasteiger charge is 2.19. The third-order valence-corrected chi connectivity index (χ3v) is 9.99.